The third-order valence-electron chi connectivity index (χ3n) is 5.69. The number of halogens is 1. The Kier molecular flexibility index (Phi) is 4.90. The molecule has 3 rings (SSSR count). The summed E-state index contributed by atoms with van der Waals surface area (Å²) < 4.78 is 32.5. The summed E-state index contributed by atoms with van der Waals surface area (Å²) in [6.45, 7) is 14.4. The molecule has 0 bridgehead atoms. The first-order valence-corrected chi connectivity index (χ1v) is 9.12. The quantitative estimate of drug-likeness (QED) is 0.785. The van der Waals surface area contributed by atoms with Crippen molar-refractivity contribution in [2.24, 2.45) is 5.92 Å². The van der Waals surface area contributed by atoms with Crippen LogP contribution < -0.4 is 10.4 Å². The summed E-state index contributed by atoms with van der Waals surface area (Å²) in [5.41, 5.74) is 0.386. The second kappa shape index (κ2) is 6.56. The molecule has 6 heteroatoms. The van der Waals surface area contributed by atoms with Crippen LogP contribution in [0.1, 0.15) is 41.5 Å². The highest BCUT2D eigenvalue weighted by Crippen LogP contribution is 2.36. The predicted molar refractivity (Wildman–Crippen MR) is 98.9 cm³/mol. The minimum absolute atomic E-state index is 0.180. The molecular formula is C19H29BFNO3. The van der Waals surface area contributed by atoms with Gasteiger partial charge in [0.1, 0.15) is 5.82 Å². The molecule has 1 unspecified atom stereocenters. The average Bonchev–Trinajstić information content (AvgIpc) is 2.75. The maximum Gasteiger partial charge on any atom is 0.497 e. The lowest BCUT2D eigenvalue weighted by molar-refractivity contribution is 0.00578. The molecule has 4 nitrogen and oxygen atoms in total. The first-order valence-electron chi connectivity index (χ1n) is 9.12. The number of nitrogens with zero attached hydrogens (tertiary/aromatic N) is 1. The third kappa shape index (κ3) is 3.57. The fourth-order valence-corrected chi connectivity index (χ4v) is 3.19. The van der Waals surface area contributed by atoms with Gasteiger partial charge in [0.15, 0.2) is 0 Å². The molecule has 25 heavy (non-hydrogen) atoms. The molecule has 2 fully saturated rings. The first kappa shape index (κ1) is 18.7. The number of morpholine rings is 1. The molecule has 0 spiro atoms. The van der Waals surface area contributed by atoms with Gasteiger partial charge >= 0.3 is 7.12 Å². The molecule has 138 valence electrons. The van der Waals surface area contributed by atoms with Gasteiger partial charge in [-0.15, -0.1) is 0 Å². The molecule has 0 saturated carbocycles. The van der Waals surface area contributed by atoms with Crippen LogP contribution in [0.5, 0.6) is 0 Å². The van der Waals surface area contributed by atoms with Crippen molar-refractivity contribution < 1.29 is 18.4 Å². The van der Waals surface area contributed by atoms with E-state index in [1.54, 1.807) is 12.1 Å². The third-order valence-corrected chi connectivity index (χ3v) is 5.69. The van der Waals surface area contributed by atoms with Gasteiger partial charge in [0.2, 0.25) is 0 Å². The van der Waals surface area contributed by atoms with Crippen LogP contribution in [-0.2, 0) is 14.0 Å². The number of anilines is 1. The van der Waals surface area contributed by atoms with Crippen molar-refractivity contribution in [1.29, 1.82) is 0 Å². The van der Waals surface area contributed by atoms with Crippen LogP contribution >= 0.6 is 0 Å². The maximum atomic E-state index is 14.8. The number of benzene rings is 1. The number of ether oxygens (including phenoxy) is 1. The highest BCUT2D eigenvalue weighted by Gasteiger charge is 2.52. The molecule has 2 saturated heterocycles. The van der Waals surface area contributed by atoms with E-state index in [0.29, 0.717) is 18.0 Å². The lowest BCUT2D eigenvalue weighted by atomic mass is 9.78. The van der Waals surface area contributed by atoms with Gasteiger partial charge in [-0.3, -0.25) is 0 Å². The van der Waals surface area contributed by atoms with Crippen molar-refractivity contribution in [3.63, 3.8) is 0 Å². The summed E-state index contributed by atoms with van der Waals surface area (Å²) in [7, 11) is -0.674. The molecule has 0 amide bonds. The van der Waals surface area contributed by atoms with Crippen LogP contribution in [0.3, 0.4) is 0 Å². The van der Waals surface area contributed by atoms with E-state index in [4.69, 9.17) is 14.0 Å². The fraction of sp³-hybridized carbons (Fsp3) is 0.684. The Morgan fingerprint density at radius 2 is 1.80 bits per heavy atom. The molecule has 1 aromatic carbocycles. The molecule has 0 aliphatic carbocycles. The van der Waals surface area contributed by atoms with Crippen molar-refractivity contribution in [3.8, 4) is 0 Å². The van der Waals surface area contributed by atoms with E-state index < -0.39 is 18.3 Å². The Bertz CT molecular complexity index is 619. The first-order chi connectivity index (χ1) is 11.6. The van der Waals surface area contributed by atoms with Gasteiger partial charge in [-0.05, 0) is 45.7 Å². The van der Waals surface area contributed by atoms with Gasteiger partial charge < -0.3 is 18.9 Å². The van der Waals surface area contributed by atoms with Crippen LogP contribution in [0.2, 0.25) is 0 Å². The van der Waals surface area contributed by atoms with E-state index in [0.717, 1.165) is 18.8 Å². The monoisotopic (exact) mass is 349 g/mol. The SMILES string of the molecule is CC(C)C1CN(c2ccc(B3OC(C)(C)C(C)(C)O3)c(F)c2)CCO1. The fourth-order valence-electron chi connectivity index (χ4n) is 3.19. The smallest absolute Gasteiger partial charge is 0.399 e. The second-order valence-corrected chi connectivity index (χ2v) is 8.39. The van der Waals surface area contributed by atoms with Crippen molar-refractivity contribution in [2.75, 3.05) is 24.6 Å². The van der Waals surface area contributed by atoms with E-state index >= 15 is 0 Å². The molecule has 2 aliphatic rings. The minimum Gasteiger partial charge on any atom is -0.399 e. The van der Waals surface area contributed by atoms with Crippen molar-refractivity contribution in [2.45, 2.75) is 58.8 Å². The summed E-state index contributed by atoms with van der Waals surface area (Å²) in [5.74, 6) is 0.153. The highest BCUT2D eigenvalue weighted by molar-refractivity contribution is 6.62. The van der Waals surface area contributed by atoms with E-state index in [1.165, 1.54) is 0 Å². The molecule has 0 aromatic heterocycles. The molecule has 0 N–H and O–H groups in total. The Labute approximate surface area is 150 Å². The summed E-state index contributed by atoms with van der Waals surface area (Å²) >= 11 is 0. The summed E-state index contributed by atoms with van der Waals surface area (Å²) in [5, 5.41) is 0. The highest BCUT2D eigenvalue weighted by atomic mass is 19.1. The number of hydrogen-bond acceptors (Lipinski definition) is 4. The van der Waals surface area contributed by atoms with E-state index in [1.807, 2.05) is 33.8 Å². The zero-order chi connectivity index (χ0) is 18.4. The van der Waals surface area contributed by atoms with Gasteiger partial charge in [0.05, 0.1) is 23.9 Å². The second-order valence-electron chi connectivity index (χ2n) is 8.39. The number of hydrogen-bond donors (Lipinski definition) is 0. The minimum atomic E-state index is -0.674. The van der Waals surface area contributed by atoms with Crippen molar-refractivity contribution >= 4 is 18.3 Å². The normalized spacial score (nSPS) is 25.7. The zero-order valence-corrected chi connectivity index (χ0v) is 16.1. The summed E-state index contributed by atoms with van der Waals surface area (Å²) in [4.78, 5) is 2.19. The lowest BCUT2D eigenvalue weighted by Crippen LogP contribution is -2.45. The summed E-state index contributed by atoms with van der Waals surface area (Å²) in [6, 6.07) is 5.32. The number of rotatable bonds is 3. The van der Waals surface area contributed by atoms with Crippen LogP contribution in [-0.4, -0.2) is 44.1 Å². The van der Waals surface area contributed by atoms with Crippen molar-refractivity contribution in [3.05, 3.63) is 24.0 Å². The van der Waals surface area contributed by atoms with Gasteiger partial charge in [-0.2, -0.15) is 0 Å². The van der Waals surface area contributed by atoms with Crippen LogP contribution in [0.15, 0.2) is 18.2 Å². The lowest BCUT2D eigenvalue weighted by Gasteiger charge is -2.36. The topological polar surface area (TPSA) is 30.9 Å². The molecule has 2 heterocycles. The van der Waals surface area contributed by atoms with Gasteiger partial charge in [-0.1, -0.05) is 19.9 Å². The van der Waals surface area contributed by atoms with Crippen molar-refractivity contribution in [1.82, 2.24) is 0 Å². The Hall–Kier alpha value is -1.11. The maximum absolute atomic E-state index is 14.8. The predicted octanol–water partition coefficient (Wildman–Crippen LogP) is 2.99. The van der Waals surface area contributed by atoms with Gasteiger partial charge in [0, 0.05) is 24.2 Å². The Morgan fingerprint density at radius 3 is 2.36 bits per heavy atom. The zero-order valence-electron chi connectivity index (χ0n) is 16.1. The molecule has 1 aromatic rings. The van der Waals surface area contributed by atoms with Crippen LogP contribution in [0.4, 0.5) is 10.1 Å². The molecule has 0 radical (unpaired) electrons. The van der Waals surface area contributed by atoms with E-state index in [9.17, 15) is 4.39 Å². The molecular weight excluding hydrogens is 320 g/mol. The Morgan fingerprint density at radius 1 is 1.16 bits per heavy atom. The van der Waals surface area contributed by atoms with Gasteiger partial charge in [-0.25, -0.2) is 4.39 Å². The standard InChI is InChI=1S/C19H29BFNO3/c1-13(2)17-12-22(9-10-23-17)14-7-8-15(16(21)11-14)20-24-18(3,4)19(5,6)25-20/h7-8,11,13,17H,9-10,12H2,1-6H3. The van der Waals surface area contributed by atoms with E-state index in [-0.39, 0.29) is 11.9 Å². The van der Waals surface area contributed by atoms with Crippen LogP contribution in [0, 0.1) is 11.7 Å². The molecule has 2 aliphatic heterocycles. The van der Waals surface area contributed by atoms with Gasteiger partial charge in [0.25, 0.3) is 0 Å². The average molecular weight is 349 g/mol. The molecule has 1 atom stereocenters. The van der Waals surface area contributed by atoms with E-state index in [2.05, 4.69) is 18.7 Å². The van der Waals surface area contributed by atoms with Crippen LogP contribution in [0.25, 0.3) is 0 Å². The summed E-state index contributed by atoms with van der Waals surface area (Å²) in [6.07, 6.45) is 0.180. The largest absolute Gasteiger partial charge is 0.497 e. The Balaban J connectivity index is 1.78.